The summed E-state index contributed by atoms with van der Waals surface area (Å²) in [6.07, 6.45) is 1.24. The highest BCUT2D eigenvalue weighted by Crippen LogP contribution is 2.19. The number of benzene rings is 1. The Hall–Kier alpha value is -1.73. The summed E-state index contributed by atoms with van der Waals surface area (Å²) in [6.45, 7) is 0. The van der Waals surface area contributed by atoms with Crippen molar-refractivity contribution in [1.82, 2.24) is 4.98 Å². The maximum Gasteiger partial charge on any atom is 0.265 e. The average molecular weight is 305 g/mol. The lowest BCUT2D eigenvalue weighted by molar-refractivity contribution is 0.551. The SMILES string of the molecule is O=S(=O)(Nc1ccc(Cl)cn1)c1ccc(F)cc1F. The van der Waals surface area contributed by atoms with Gasteiger partial charge in [-0.1, -0.05) is 11.6 Å². The highest BCUT2D eigenvalue weighted by atomic mass is 35.5. The van der Waals surface area contributed by atoms with Gasteiger partial charge in [-0.2, -0.15) is 0 Å². The molecule has 1 aromatic heterocycles. The molecule has 4 nitrogen and oxygen atoms in total. The van der Waals surface area contributed by atoms with Gasteiger partial charge >= 0.3 is 0 Å². The van der Waals surface area contributed by atoms with Gasteiger partial charge in [0.25, 0.3) is 10.0 Å². The number of aromatic nitrogens is 1. The van der Waals surface area contributed by atoms with Gasteiger partial charge in [-0.3, -0.25) is 4.72 Å². The van der Waals surface area contributed by atoms with Gasteiger partial charge in [0.2, 0.25) is 0 Å². The van der Waals surface area contributed by atoms with Gasteiger partial charge < -0.3 is 0 Å². The van der Waals surface area contributed by atoms with Crippen LogP contribution >= 0.6 is 11.6 Å². The van der Waals surface area contributed by atoms with Crippen LogP contribution in [0.25, 0.3) is 0 Å². The van der Waals surface area contributed by atoms with E-state index < -0.39 is 26.6 Å². The lowest BCUT2D eigenvalue weighted by Crippen LogP contribution is -2.15. The molecule has 0 spiro atoms. The van der Waals surface area contributed by atoms with Crippen LogP contribution in [-0.4, -0.2) is 13.4 Å². The van der Waals surface area contributed by atoms with E-state index in [2.05, 4.69) is 9.71 Å². The zero-order valence-electron chi connectivity index (χ0n) is 9.27. The van der Waals surface area contributed by atoms with E-state index in [1.165, 1.54) is 18.3 Å². The molecule has 0 aliphatic heterocycles. The van der Waals surface area contributed by atoms with Crippen LogP contribution in [0.4, 0.5) is 14.6 Å². The maximum atomic E-state index is 13.4. The number of rotatable bonds is 3. The third-order valence-corrected chi connectivity index (χ3v) is 3.76. The fraction of sp³-hybridized carbons (Fsp3) is 0. The summed E-state index contributed by atoms with van der Waals surface area (Å²) in [5, 5.41) is 0.330. The first kappa shape index (κ1) is 13.7. The molecule has 0 unspecified atom stereocenters. The van der Waals surface area contributed by atoms with E-state index in [1.807, 2.05) is 0 Å². The summed E-state index contributed by atoms with van der Waals surface area (Å²) in [5.74, 6) is -2.06. The molecule has 0 fully saturated rings. The third-order valence-electron chi connectivity index (χ3n) is 2.15. The van der Waals surface area contributed by atoms with Crippen molar-refractivity contribution in [2.24, 2.45) is 0 Å². The van der Waals surface area contributed by atoms with E-state index in [1.54, 1.807) is 0 Å². The molecule has 1 aromatic carbocycles. The summed E-state index contributed by atoms with van der Waals surface area (Å²) in [7, 11) is -4.17. The molecule has 19 heavy (non-hydrogen) atoms. The first-order valence-corrected chi connectivity index (χ1v) is 6.84. The Labute approximate surface area is 113 Å². The minimum absolute atomic E-state index is 0.0203. The highest BCUT2D eigenvalue weighted by Gasteiger charge is 2.20. The molecule has 0 bridgehead atoms. The van der Waals surface area contributed by atoms with Crippen molar-refractivity contribution in [1.29, 1.82) is 0 Å². The third kappa shape index (κ3) is 3.18. The van der Waals surface area contributed by atoms with Gasteiger partial charge in [-0.15, -0.1) is 0 Å². The van der Waals surface area contributed by atoms with Crippen molar-refractivity contribution in [2.75, 3.05) is 4.72 Å². The maximum absolute atomic E-state index is 13.4. The fourth-order valence-electron chi connectivity index (χ4n) is 1.32. The van der Waals surface area contributed by atoms with Crippen LogP contribution in [0.3, 0.4) is 0 Å². The van der Waals surface area contributed by atoms with Gasteiger partial charge in [-0.05, 0) is 24.3 Å². The smallest absolute Gasteiger partial charge is 0.263 e. The molecule has 0 aliphatic carbocycles. The van der Waals surface area contributed by atoms with Crippen molar-refractivity contribution in [2.45, 2.75) is 4.90 Å². The molecule has 1 heterocycles. The van der Waals surface area contributed by atoms with Gasteiger partial charge in [0.15, 0.2) is 0 Å². The Morgan fingerprint density at radius 2 is 1.89 bits per heavy atom. The first-order chi connectivity index (χ1) is 8.88. The van der Waals surface area contributed by atoms with Gasteiger partial charge in [0.05, 0.1) is 5.02 Å². The highest BCUT2D eigenvalue weighted by molar-refractivity contribution is 7.92. The Balaban J connectivity index is 2.35. The Bertz CT molecular complexity index is 705. The predicted octanol–water partition coefficient (Wildman–Crippen LogP) is 2.81. The van der Waals surface area contributed by atoms with Gasteiger partial charge in [0, 0.05) is 12.3 Å². The predicted molar refractivity (Wildman–Crippen MR) is 66.4 cm³/mol. The molecule has 0 atom stereocenters. The molecule has 0 saturated carbocycles. The number of pyridine rings is 1. The quantitative estimate of drug-likeness (QED) is 0.948. The van der Waals surface area contributed by atoms with Crippen molar-refractivity contribution in [3.8, 4) is 0 Å². The molecule has 2 rings (SSSR count). The van der Waals surface area contributed by atoms with Crippen LogP contribution in [0.1, 0.15) is 0 Å². The van der Waals surface area contributed by atoms with E-state index in [9.17, 15) is 17.2 Å². The normalized spacial score (nSPS) is 11.3. The lowest BCUT2D eigenvalue weighted by atomic mass is 10.3. The number of halogens is 3. The number of nitrogens with zero attached hydrogens (tertiary/aromatic N) is 1. The molecule has 0 aliphatic rings. The minimum atomic E-state index is -4.17. The van der Waals surface area contributed by atoms with E-state index >= 15 is 0 Å². The van der Waals surface area contributed by atoms with E-state index in [0.29, 0.717) is 11.1 Å². The molecule has 0 saturated heterocycles. The number of sulfonamides is 1. The van der Waals surface area contributed by atoms with Crippen LogP contribution in [0.15, 0.2) is 41.4 Å². The standard InChI is InChI=1S/C11H7ClF2N2O2S/c12-7-1-4-11(15-6-7)16-19(17,18)10-3-2-8(13)5-9(10)14/h1-6H,(H,15,16). The van der Waals surface area contributed by atoms with Crippen LogP contribution in [0.2, 0.25) is 5.02 Å². The van der Waals surface area contributed by atoms with Crippen molar-refractivity contribution in [3.63, 3.8) is 0 Å². The second-order valence-electron chi connectivity index (χ2n) is 3.54. The Morgan fingerprint density at radius 1 is 1.16 bits per heavy atom. The van der Waals surface area contributed by atoms with E-state index in [0.717, 1.165) is 12.1 Å². The van der Waals surface area contributed by atoms with Crippen LogP contribution in [-0.2, 0) is 10.0 Å². The second kappa shape index (κ2) is 5.10. The number of nitrogens with one attached hydrogen (secondary N) is 1. The number of hydrogen-bond donors (Lipinski definition) is 1. The summed E-state index contributed by atoms with van der Waals surface area (Å²) < 4.78 is 51.9. The van der Waals surface area contributed by atoms with Gasteiger partial charge in [0.1, 0.15) is 22.3 Å². The minimum Gasteiger partial charge on any atom is -0.263 e. The van der Waals surface area contributed by atoms with Crippen molar-refractivity contribution < 1.29 is 17.2 Å². The lowest BCUT2D eigenvalue weighted by Gasteiger charge is -2.08. The molecule has 0 radical (unpaired) electrons. The first-order valence-electron chi connectivity index (χ1n) is 4.98. The fourth-order valence-corrected chi connectivity index (χ4v) is 2.50. The summed E-state index contributed by atoms with van der Waals surface area (Å²) in [4.78, 5) is 3.06. The molecule has 0 amide bonds. The monoisotopic (exact) mass is 304 g/mol. The number of anilines is 1. The molecular weight excluding hydrogens is 298 g/mol. The summed E-state index contributed by atoms with van der Waals surface area (Å²) in [6, 6.07) is 4.93. The molecule has 100 valence electrons. The number of hydrogen-bond acceptors (Lipinski definition) is 3. The Morgan fingerprint density at radius 3 is 2.47 bits per heavy atom. The van der Waals surface area contributed by atoms with E-state index in [-0.39, 0.29) is 5.82 Å². The zero-order valence-corrected chi connectivity index (χ0v) is 10.8. The van der Waals surface area contributed by atoms with Crippen LogP contribution in [0.5, 0.6) is 0 Å². The van der Waals surface area contributed by atoms with Crippen molar-refractivity contribution in [3.05, 3.63) is 53.2 Å². The Kier molecular flexibility index (Phi) is 3.68. The average Bonchev–Trinajstić information content (AvgIpc) is 2.31. The molecular formula is C11H7ClF2N2O2S. The van der Waals surface area contributed by atoms with Crippen molar-refractivity contribution >= 4 is 27.4 Å². The van der Waals surface area contributed by atoms with Crippen LogP contribution < -0.4 is 4.72 Å². The topological polar surface area (TPSA) is 59.1 Å². The van der Waals surface area contributed by atoms with Gasteiger partial charge in [-0.25, -0.2) is 22.2 Å². The zero-order chi connectivity index (χ0) is 14.0. The molecule has 8 heteroatoms. The molecule has 1 N–H and O–H groups in total. The largest absolute Gasteiger partial charge is 0.265 e. The summed E-state index contributed by atoms with van der Waals surface area (Å²) in [5.41, 5.74) is 0. The molecule has 2 aromatic rings. The second-order valence-corrected chi connectivity index (χ2v) is 5.63. The van der Waals surface area contributed by atoms with E-state index in [4.69, 9.17) is 11.6 Å². The van der Waals surface area contributed by atoms with Crippen LogP contribution in [0, 0.1) is 11.6 Å². The summed E-state index contributed by atoms with van der Waals surface area (Å²) >= 11 is 5.60.